The summed E-state index contributed by atoms with van der Waals surface area (Å²) in [6, 6.07) is 8.24. The SMILES string of the molecule is COc1ccc(CN(C(=O)CSc2n[nH]c(C)n2)C2CC2)cc1. The molecule has 1 saturated carbocycles. The molecule has 3 rings (SSSR count). The molecule has 1 aromatic heterocycles. The van der Waals surface area contributed by atoms with Gasteiger partial charge in [0.2, 0.25) is 11.1 Å². The highest BCUT2D eigenvalue weighted by Crippen LogP contribution is 2.29. The van der Waals surface area contributed by atoms with Gasteiger partial charge in [-0.2, -0.15) is 0 Å². The van der Waals surface area contributed by atoms with Gasteiger partial charge in [0.1, 0.15) is 11.6 Å². The minimum absolute atomic E-state index is 0.135. The van der Waals surface area contributed by atoms with Crippen LogP contribution < -0.4 is 4.74 Å². The highest BCUT2D eigenvalue weighted by atomic mass is 32.2. The molecule has 2 aromatic rings. The molecule has 1 aliphatic carbocycles. The van der Waals surface area contributed by atoms with E-state index in [1.807, 2.05) is 36.1 Å². The maximum Gasteiger partial charge on any atom is 0.233 e. The van der Waals surface area contributed by atoms with E-state index in [0.717, 1.165) is 30.0 Å². The van der Waals surface area contributed by atoms with Crippen LogP contribution >= 0.6 is 11.8 Å². The number of nitrogens with one attached hydrogen (secondary N) is 1. The summed E-state index contributed by atoms with van der Waals surface area (Å²) in [7, 11) is 1.65. The van der Waals surface area contributed by atoms with E-state index in [1.165, 1.54) is 11.8 Å². The van der Waals surface area contributed by atoms with Gasteiger partial charge in [0.05, 0.1) is 12.9 Å². The third kappa shape index (κ3) is 4.25. The Morgan fingerprint density at radius 3 is 2.70 bits per heavy atom. The number of H-pyrrole nitrogens is 1. The highest BCUT2D eigenvalue weighted by molar-refractivity contribution is 7.99. The van der Waals surface area contributed by atoms with E-state index in [4.69, 9.17) is 4.74 Å². The molecule has 0 radical (unpaired) electrons. The van der Waals surface area contributed by atoms with Crippen molar-refractivity contribution in [3.8, 4) is 5.75 Å². The van der Waals surface area contributed by atoms with Gasteiger partial charge in [-0.1, -0.05) is 23.9 Å². The molecule has 1 aliphatic rings. The number of methoxy groups -OCH3 is 1. The van der Waals surface area contributed by atoms with Crippen molar-refractivity contribution < 1.29 is 9.53 Å². The fraction of sp³-hybridized carbons (Fsp3) is 0.438. The van der Waals surface area contributed by atoms with Crippen molar-refractivity contribution >= 4 is 17.7 Å². The van der Waals surface area contributed by atoms with Crippen LogP contribution in [0, 0.1) is 6.92 Å². The summed E-state index contributed by atoms with van der Waals surface area (Å²) in [5, 5.41) is 7.46. The number of ether oxygens (including phenoxy) is 1. The van der Waals surface area contributed by atoms with Crippen LogP contribution in [0.4, 0.5) is 0 Å². The predicted molar refractivity (Wildman–Crippen MR) is 88.4 cm³/mol. The topological polar surface area (TPSA) is 71.1 Å². The zero-order valence-electron chi connectivity index (χ0n) is 13.3. The summed E-state index contributed by atoms with van der Waals surface area (Å²) < 4.78 is 5.17. The van der Waals surface area contributed by atoms with Crippen LogP contribution in [0.25, 0.3) is 0 Å². The molecule has 1 heterocycles. The predicted octanol–water partition coefficient (Wildman–Crippen LogP) is 2.41. The molecule has 6 nitrogen and oxygen atoms in total. The van der Waals surface area contributed by atoms with Crippen LogP contribution in [-0.2, 0) is 11.3 Å². The van der Waals surface area contributed by atoms with Gasteiger partial charge in [-0.25, -0.2) is 4.98 Å². The number of aromatic nitrogens is 3. The van der Waals surface area contributed by atoms with E-state index in [1.54, 1.807) is 7.11 Å². The van der Waals surface area contributed by atoms with Gasteiger partial charge in [0.15, 0.2) is 0 Å². The van der Waals surface area contributed by atoms with Gasteiger partial charge >= 0.3 is 0 Å². The van der Waals surface area contributed by atoms with Crippen LogP contribution in [0.3, 0.4) is 0 Å². The highest BCUT2D eigenvalue weighted by Gasteiger charge is 2.32. The molecule has 0 aliphatic heterocycles. The van der Waals surface area contributed by atoms with Gasteiger partial charge in [0.25, 0.3) is 0 Å². The fourth-order valence-electron chi connectivity index (χ4n) is 2.33. The number of hydrogen-bond donors (Lipinski definition) is 1. The van der Waals surface area contributed by atoms with Crippen LogP contribution in [0.1, 0.15) is 24.2 Å². The van der Waals surface area contributed by atoms with Crippen molar-refractivity contribution in [2.24, 2.45) is 0 Å². The standard InChI is InChI=1S/C16H20N4O2S/c1-11-17-16(19-18-11)23-10-15(21)20(13-5-6-13)9-12-3-7-14(22-2)8-4-12/h3-4,7-8,13H,5-6,9-10H2,1-2H3,(H,17,18,19). The fourth-order valence-corrected chi connectivity index (χ4v) is 3.06. The number of aryl methyl sites for hydroxylation is 1. The first-order chi connectivity index (χ1) is 11.2. The van der Waals surface area contributed by atoms with Crippen molar-refractivity contribution in [1.29, 1.82) is 0 Å². The van der Waals surface area contributed by atoms with E-state index in [2.05, 4.69) is 15.2 Å². The van der Waals surface area contributed by atoms with Gasteiger partial charge in [-0.05, 0) is 37.5 Å². The molecule has 0 saturated heterocycles. The lowest BCUT2D eigenvalue weighted by Crippen LogP contribution is -2.34. The normalized spacial score (nSPS) is 13.8. The number of thioether (sulfide) groups is 1. The maximum absolute atomic E-state index is 12.5. The van der Waals surface area contributed by atoms with Gasteiger partial charge < -0.3 is 9.64 Å². The van der Waals surface area contributed by atoms with Crippen LogP contribution in [0.2, 0.25) is 0 Å². The van der Waals surface area contributed by atoms with E-state index in [9.17, 15) is 4.79 Å². The first-order valence-electron chi connectivity index (χ1n) is 7.60. The summed E-state index contributed by atoms with van der Waals surface area (Å²) >= 11 is 1.37. The average Bonchev–Trinajstić information content (AvgIpc) is 3.32. The zero-order valence-corrected chi connectivity index (χ0v) is 14.1. The van der Waals surface area contributed by atoms with Crippen molar-refractivity contribution in [2.45, 2.75) is 37.5 Å². The average molecular weight is 332 g/mol. The van der Waals surface area contributed by atoms with Crippen molar-refractivity contribution in [2.75, 3.05) is 12.9 Å². The minimum Gasteiger partial charge on any atom is -0.497 e. The van der Waals surface area contributed by atoms with E-state index < -0.39 is 0 Å². The Morgan fingerprint density at radius 2 is 2.13 bits per heavy atom. The summed E-state index contributed by atoms with van der Waals surface area (Å²) in [4.78, 5) is 18.7. The summed E-state index contributed by atoms with van der Waals surface area (Å²) in [5.74, 6) is 2.09. The second kappa shape index (κ2) is 7.04. The number of rotatable bonds is 7. The molecule has 1 aromatic carbocycles. The lowest BCUT2D eigenvalue weighted by molar-refractivity contribution is -0.129. The maximum atomic E-state index is 12.5. The Hall–Kier alpha value is -2.02. The molecule has 23 heavy (non-hydrogen) atoms. The van der Waals surface area contributed by atoms with Gasteiger partial charge in [0, 0.05) is 12.6 Å². The van der Waals surface area contributed by atoms with Gasteiger partial charge in [-0.15, -0.1) is 5.10 Å². The quantitative estimate of drug-likeness (QED) is 0.788. The first kappa shape index (κ1) is 15.9. The van der Waals surface area contributed by atoms with Crippen molar-refractivity contribution in [3.05, 3.63) is 35.7 Å². The van der Waals surface area contributed by atoms with Crippen LogP contribution in [0.15, 0.2) is 29.4 Å². The Balaban J connectivity index is 1.60. The lowest BCUT2D eigenvalue weighted by Gasteiger charge is -2.22. The molecule has 122 valence electrons. The Bertz CT molecular complexity index is 667. The third-order valence-electron chi connectivity index (χ3n) is 3.72. The van der Waals surface area contributed by atoms with Crippen molar-refractivity contribution in [1.82, 2.24) is 20.1 Å². The number of hydrogen-bond acceptors (Lipinski definition) is 5. The zero-order chi connectivity index (χ0) is 16.2. The smallest absolute Gasteiger partial charge is 0.233 e. The molecular formula is C16H20N4O2S. The number of amides is 1. The summed E-state index contributed by atoms with van der Waals surface area (Å²) in [5.41, 5.74) is 1.12. The van der Waals surface area contributed by atoms with E-state index in [-0.39, 0.29) is 5.91 Å². The molecule has 0 unspecified atom stereocenters. The van der Waals surface area contributed by atoms with Crippen LogP contribution in [0.5, 0.6) is 5.75 Å². The molecule has 1 N–H and O–H groups in total. The number of nitrogens with zero attached hydrogens (tertiary/aromatic N) is 3. The molecule has 1 amide bonds. The second-order valence-corrected chi connectivity index (χ2v) is 6.54. The first-order valence-corrected chi connectivity index (χ1v) is 8.58. The molecule has 0 spiro atoms. The summed E-state index contributed by atoms with van der Waals surface area (Å²) in [6.07, 6.45) is 2.18. The van der Waals surface area contributed by atoms with E-state index in [0.29, 0.717) is 23.5 Å². The Kier molecular flexibility index (Phi) is 4.85. The molecule has 1 fully saturated rings. The largest absolute Gasteiger partial charge is 0.497 e. The second-order valence-electron chi connectivity index (χ2n) is 5.59. The minimum atomic E-state index is 0.135. The number of carbonyl (C=O) groups excluding carboxylic acids is 1. The van der Waals surface area contributed by atoms with Gasteiger partial charge in [-0.3, -0.25) is 9.89 Å². The monoisotopic (exact) mass is 332 g/mol. The van der Waals surface area contributed by atoms with Crippen molar-refractivity contribution in [3.63, 3.8) is 0 Å². The summed E-state index contributed by atoms with van der Waals surface area (Å²) in [6.45, 7) is 2.49. The van der Waals surface area contributed by atoms with E-state index >= 15 is 0 Å². The number of carbonyl (C=O) groups is 1. The van der Waals surface area contributed by atoms with Crippen LogP contribution in [-0.4, -0.2) is 44.9 Å². The molecular weight excluding hydrogens is 312 g/mol. The third-order valence-corrected chi connectivity index (χ3v) is 4.55. The molecule has 0 bridgehead atoms. The Labute approximate surface area is 139 Å². The molecule has 7 heteroatoms. The lowest BCUT2D eigenvalue weighted by atomic mass is 10.2. The Morgan fingerprint density at radius 1 is 1.39 bits per heavy atom. The molecule has 0 atom stereocenters. The number of benzene rings is 1. The number of aromatic amines is 1.